The van der Waals surface area contributed by atoms with Crippen molar-refractivity contribution in [3.8, 4) is 21.8 Å². The number of hydrogen-bond donors (Lipinski definition) is 1. The Bertz CT molecular complexity index is 627. The molecule has 3 rings (SSSR count). The molecule has 0 aliphatic rings. The van der Waals surface area contributed by atoms with E-state index in [4.69, 9.17) is 5.73 Å². The van der Waals surface area contributed by atoms with E-state index in [9.17, 15) is 4.39 Å². The molecule has 0 atom stereocenters. The number of halogens is 1. The van der Waals surface area contributed by atoms with E-state index in [1.807, 2.05) is 29.6 Å². The van der Waals surface area contributed by atoms with Gasteiger partial charge in [0.05, 0.1) is 5.69 Å². The topological polar surface area (TPSA) is 38.9 Å². The molecule has 19 heavy (non-hydrogen) atoms. The van der Waals surface area contributed by atoms with Crippen LogP contribution in [-0.2, 0) is 0 Å². The van der Waals surface area contributed by atoms with Gasteiger partial charge in [0.15, 0.2) is 0 Å². The predicted molar refractivity (Wildman–Crippen MR) is 77.4 cm³/mol. The number of anilines is 1. The minimum Gasteiger partial charge on any atom is -0.399 e. The van der Waals surface area contributed by atoms with Crippen LogP contribution in [0.3, 0.4) is 0 Å². The molecule has 2 nitrogen and oxygen atoms in total. The fraction of sp³-hybridized carbons (Fsp3) is 0. The van der Waals surface area contributed by atoms with Gasteiger partial charge < -0.3 is 5.73 Å². The number of hydrogen-bond acceptors (Lipinski definition) is 3. The zero-order valence-corrected chi connectivity index (χ0v) is 10.8. The normalized spacial score (nSPS) is 10.6. The molecule has 1 heterocycles. The number of benzene rings is 2. The number of rotatable bonds is 2. The van der Waals surface area contributed by atoms with Crippen molar-refractivity contribution in [2.45, 2.75) is 0 Å². The molecule has 3 aromatic rings. The Morgan fingerprint density at radius 1 is 0.895 bits per heavy atom. The number of thiazole rings is 1. The maximum absolute atomic E-state index is 12.9. The number of nitrogen functional groups attached to an aromatic ring is 1. The van der Waals surface area contributed by atoms with Gasteiger partial charge in [0.1, 0.15) is 10.8 Å². The Kier molecular flexibility index (Phi) is 3.01. The van der Waals surface area contributed by atoms with Crippen LogP contribution in [0.15, 0.2) is 53.9 Å². The third-order valence-electron chi connectivity index (χ3n) is 2.80. The number of nitrogens with zero attached hydrogens (tertiary/aromatic N) is 1. The summed E-state index contributed by atoms with van der Waals surface area (Å²) in [5.41, 5.74) is 9.21. The molecular formula is C15H11FN2S. The van der Waals surface area contributed by atoms with Crippen LogP contribution in [0.4, 0.5) is 10.1 Å². The van der Waals surface area contributed by atoms with Crippen molar-refractivity contribution in [3.63, 3.8) is 0 Å². The molecule has 0 unspecified atom stereocenters. The minimum absolute atomic E-state index is 0.238. The Hall–Kier alpha value is -2.20. The third-order valence-corrected chi connectivity index (χ3v) is 3.69. The second kappa shape index (κ2) is 4.82. The van der Waals surface area contributed by atoms with Gasteiger partial charge >= 0.3 is 0 Å². The first-order valence-corrected chi connectivity index (χ1v) is 6.68. The molecule has 0 saturated heterocycles. The van der Waals surface area contributed by atoms with Gasteiger partial charge in [-0.1, -0.05) is 0 Å². The summed E-state index contributed by atoms with van der Waals surface area (Å²) in [6.45, 7) is 0. The molecule has 0 aliphatic carbocycles. The van der Waals surface area contributed by atoms with E-state index in [2.05, 4.69) is 4.98 Å². The molecule has 2 aromatic carbocycles. The molecule has 1 aromatic heterocycles. The molecule has 0 amide bonds. The standard InChI is InChI=1S/C15H11FN2S/c16-12-5-1-10(2-6-12)14-9-19-15(18-14)11-3-7-13(17)8-4-11/h1-9H,17H2. The van der Waals surface area contributed by atoms with Gasteiger partial charge in [-0.05, 0) is 48.5 Å². The summed E-state index contributed by atoms with van der Waals surface area (Å²) in [5, 5.41) is 2.90. The molecule has 0 fully saturated rings. The summed E-state index contributed by atoms with van der Waals surface area (Å²) in [7, 11) is 0. The summed E-state index contributed by atoms with van der Waals surface area (Å²) in [5.74, 6) is -0.238. The van der Waals surface area contributed by atoms with Crippen LogP contribution >= 0.6 is 11.3 Å². The van der Waals surface area contributed by atoms with E-state index < -0.39 is 0 Å². The first-order valence-electron chi connectivity index (χ1n) is 5.80. The predicted octanol–water partition coefficient (Wildman–Crippen LogP) is 4.20. The lowest BCUT2D eigenvalue weighted by molar-refractivity contribution is 0.628. The van der Waals surface area contributed by atoms with Gasteiger partial charge in [-0.2, -0.15) is 0 Å². The van der Waals surface area contributed by atoms with Crippen molar-refractivity contribution >= 4 is 17.0 Å². The second-order valence-corrected chi connectivity index (χ2v) is 5.02. The van der Waals surface area contributed by atoms with Crippen LogP contribution in [-0.4, -0.2) is 4.98 Å². The number of aromatic nitrogens is 1. The van der Waals surface area contributed by atoms with Crippen LogP contribution in [0.5, 0.6) is 0 Å². The van der Waals surface area contributed by atoms with Crippen molar-refractivity contribution in [2.24, 2.45) is 0 Å². The highest BCUT2D eigenvalue weighted by Gasteiger charge is 2.06. The molecule has 0 radical (unpaired) electrons. The van der Waals surface area contributed by atoms with Crippen LogP contribution in [0, 0.1) is 5.82 Å². The van der Waals surface area contributed by atoms with Crippen molar-refractivity contribution in [1.29, 1.82) is 0 Å². The lowest BCUT2D eigenvalue weighted by Gasteiger charge is -1.98. The summed E-state index contributed by atoms with van der Waals surface area (Å²) >= 11 is 1.56. The molecule has 0 bridgehead atoms. The van der Waals surface area contributed by atoms with Crippen LogP contribution < -0.4 is 5.73 Å². The van der Waals surface area contributed by atoms with Crippen LogP contribution in [0.2, 0.25) is 0 Å². The van der Waals surface area contributed by atoms with Gasteiger partial charge in [0, 0.05) is 22.2 Å². The molecule has 0 saturated carbocycles. The number of nitrogens with two attached hydrogens (primary N) is 1. The van der Waals surface area contributed by atoms with Crippen molar-refractivity contribution < 1.29 is 4.39 Å². The van der Waals surface area contributed by atoms with E-state index in [0.29, 0.717) is 0 Å². The lowest BCUT2D eigenvalue weighted by Crippen LogP contribution is -1.84. The van der Waals surface area contributed by atoms with Crippen LogP contribution in [0.25, 0.3) is 21.8 Å². The maximum atomic E-state index is 12.9. The highest BCUT2D eigenvalue weighted by Crippen LogP contribution is 2.29. The quantitative estimate of drug-likeness (QED) is 0.709. The van der Waals surface area contributed by atoms with Crippen molar-refractivity contribution in [3.05, 3.63) is 59.7 Å². The molecule has 0 spiro atoms. The second-order valence-electron chi connectivity index (χ2n) is 4.17. The molecular weight excluding hydrogens is 259 g/mol. The van der Waals surface area contributed by atoms with Crippen molar-refractivity contribution in [1.82, 2.24) is 4.98 Å². The van der Waals surface area contributed by atoms with E-state index in [1.54, 1.807) is 23.5 Å². The van der Waals surface area contributed by atoms with Crippen LogP contribution in [0.1, 0.15) is 0 Å². The average Bonchev–Trinajstić information content (AvgIpc) is 2.90. The summed E-state index contributed by atoms with van der Waals surface area (Å²) in [6, 6.07) is 14.0. The average molecular weight is 270 g/mol. The smallest absolute Gasteiger partial charge is 0.124 e. The van der Waals surface area contributed by atoms with E-state index in [0.717, 1.165) is 27.5 Å². The fourth-order valence-corrected chi connectivity index (χ4v) is 2.62. The third kappa shape index (κ3) is 2.48. The summed E-state index contributed by atoms with van der Waals surface area (Å²) < 4.78 is 12.9. The Morgan fingerprint density at radius 2 is 1.53 bits per heavy atom. The van der Waals surface area contributed by atoms with Gasteiger partial charge in [-0.15, -0.1) is 11.3 Å². The minimum atomic E-state index is -0.238. The van der Waals surface area contributed by atoms with E-state index in [-0.39, 0.29) is 5.82 Å². The Morgan fingerprint density at radius 3 is 2.21 bits per heavy atom. The molecule has 4 heteroatoms. The summed E-state index contributed by atoms with van der Waals surface area (Å²) in [6.07, 6.45) is 0. The zero-order valence-electron chi connectivity index (χ0n) is 10.0. The van der Waals surface area contributed by atoms with Crippen molar-refractivity contribution in [2.75, 3.05) is 5.73 Å². The highest BCUT2D eigenvalue weighted by molar-refractivity contribution is 7.13. The van der Waals surface area contributed by atoms with Gasteiger partial charge in [-0.3, -0.25) is 0 Å². The highest BCUT2D eigenvalue weighted by atomic mass is 32.1. The van der Waals surface area contributed by atoms with E-state index in [1.165, 1.54) is 12.1 Å². The Balaban J connectivity index is 1.95. The van der Waals surface area contributed by atoms with Gasteiger partial charge in [0.2, 0.25) is 0 Å². The molecule has 0 aliphatic heterocycles. The Labute approximate surface area is 114 Å². The molecule has 94 valence electrons. The van der Waals surface area contributed by atoms with Gasteiger partial charge in [-0.25, -0.2) is 9.37 Å². The maximum Gasteiger partial charge on any atom is 0.124 e. The lowest BCUT2D eigenvalue weighted by atomic mass is 10.2. The monoisotopic (exact) mass is 270 g/mol. The first kappa shape index (κ1) is 11.9. The molecule has 2 N–H and O–H groups in total. The SMILES string of the molecule is Nc1ccc(-c2nc(-c3ccc(F)cc3)cs2)cc1. The van der Waals surface area contributed by atoms with E-state index >= 15 is 0 Å². The summed E-state index contributed by atoms with van der Waals surface area (Å²) in [4.78, 5) is 4.57. The van der Waals surface area contributed by atoms with Gasteiger partial charge in [0.25, 0.3) is 0 Å². The zero-order chi connectivity index (χ0) is 13.2. The largest absolute Gasteiger partial charge is 0.399 e. The fourth-order valence-electron chi connectivity index (χ4n) is 1.79. The first-order chi connectivity index (χ1) is 9.22.